The van der Waals surface area contributed by atoms with Gasteiger partial charge in [0, 0.05) is 36.6 Å². The van der Waals surface area contributed by atoms with E-state index in [0.717, 1.165) is 23.3 Å². The van der Waals surface area contributed by atoms with Gasteiger partial charge in [0.1, 0.15) is 28.8 Å². The van der Waals surface area contributed by atoms with Gasteiger partial charge in [0.05, 0.1) is 21.2 Å². The number of aromatic nitrogens is 4. The number of benzene rings is 4. The number of alkyl halides is 6. The smallest absolute Gasteiger partial charge is 0.365 e. The maximum atomic E-state index is 13.2. The summed E-state index contributed by atoms with van der Waals surface area (Å²) in [5.41, 5.74) is 2.25. The molecule has 6 aromatic rings. The molecule has 0 spiro atoms. The number of halogens is 8. The van der Waals surface area contributed by atoms with Gasteiger partial charge in [0.15, 0.2) is 0 Å². The van der Waals surface area contributed by atoms with Crippen molar-refractivity contribution in [2.75, 3.05) is 0 Å². The second kappa shape index (κ2) is 18.6. The number of nitriles is 1. The van der Waals surface area contributed by atoms with Gasteiger partial charge in [-0.3, -0.25) is 14.4 Å². The fraction of sp³-hybridized carbons (Fsp3) is 0.150. The van der Waals surface area contributed by atoms with E-state index in [1.54, 1.807) is 48.5 Å². The van der Waals surface area contributed by atoms with Gasteiger partial charge < -0.3 is 14.9 Å². The highest BCUT2D eigenvalue weighted by Gasteiger charge is 2.35. The van der Waals surface area contributed by atoms with Crippen molar-refractivity contribution < 1.29 is 31.1 Å². The Hall–Kier alpha value is -6.24. The summed E-state index contributed by atoms with van der Waals surface area (Å²) >= 11 is 12.0. The Morgan fingerprint density at radius 2 is 1.05 bits per heavy atom. The van der Waals surface area contributed by atoms with Crippen LogP contribution in [0.15, 0.2) is 119 Å². The Kier molecular flexibility index (Phi) is 14.7. The molecule has 4 aromatic carbocycles. The van der Waals surface area contributed by atoms with Gasteiger partial charge in [-0.2, -0.15) is 41.6 Å². The highest BCUT2D eigenvalue weighted by atomic mass is 35.5. The zero-order valence-corrected chi connectivity index (χ0v) is 29.4. The van der Waals surface area contributed by atoms with Crippen LogP contribution in [0.25, 0.3) is 22.8 Å². The molecular formula is C40H32Cl2F6N6O3. The Morgan fingerprint density at radius 3 is 1.44 bits per heavy atom. The van der Waals surface area contributed by atoms with E-state index in [-0.39, 0.29) is 61.8 Å². The van der Waals surface area contributed by atoms with Gasteiger partial charge in [0.2, 0.25) is 0 Å². The van der Waals surface area contributed by atoms with Crippen LogP contribution in [0.2, 0.25) is 10.0 Å². The van der Waals surface area contributed by atoms with Crippen molar-refractivity contribution in [3.8, 4) is 28.8 Å². The third-order valence-electron chi connectivity index (χ3n) is 7.86. The Bertz CT molecular complexity index is 2540. The Morgan fingerprint density at radius 1 is 0.649 bits per heavy atom. The maximum Gasteiger partial charge on any atom is 0.417 e. The van der Waals surface area contributed by atoms with E-state index in [9.17, 15) is 40.7 Å². The molecule has 17 heteroatoms. The fourth-order valence-electron chi connectivity index (χ4n) is 5.31. The molecular weight excluding hydrogens is 797 g/mol. The summed E-state index contributed by atoms with van der Waals surface area (Å²) in [6, 6.07) is 26.4. The molecule has 0 saturated carbocycles. The van der Waals surface area contributed by atoms with Gasteiger partial charge in [-0.1, -0.05) is 111 Å². The summed E-state index contributed by atoms with van der Waals surface area (Å²) < 4.78 is 82.0. The average Bonchev–Trinajstić information content (AvgIpc) is 3.13. The fourth-order valence-corrected chi connectivity index (χ4v) is 5.95. The molecule has 0 bridgehead atoms. The second-order valence-corrected chi connectivity index (χ2v) is 12.4. The Balaban J connectivity index is 0.000000295. The van der Waals surface area contributed by atoms with Crippen molar-refractivity contribution in [1.82, 2.24) is 19.1 Å². The molecule has 1 amide bonds. The van der Waals surface area contributed by atoms with E-state index in [2.05, 4.69) is 9.97 Å². The molecule has 0 fully saturated rings. The number of rotatable bonds is 7. The Labute approximate surface area is 332 Å². The molecule has 2 N–H and O–H groups in total. The van der Waals surface area contributed by atoms with Crippen molar-refractivity contribution in [1.29, 1.82) is 5.26 Å². The van der Waals surface area contributed by atoms with Crippen molar-refractivity contribution in [3.63, 3.8) is 0 Å². The summed E-state index contributed by atoms with van der Waals surface area (Å²) in [6.07, 6.45) is -6.88. The van der Waals surface area contributed by atoms with Gasteiger partial charge in [0.25, 0.3) is 17.0 Å². The lowest BCUT2D eigenvalue weighted by atomic mass is 10.1. The molecule has 0 aliphatic rings. The van der Waals surface area contributed by atoms with Crippen LogP contribution in [0.3, 0.4) is 0 Å². The standard InChI is InChI=1S/C19H13ClF3N3O2.C19H11ClF3N3O.2CH4/c20-15-12(7-4-8-14(15)19(21,22)23)17-25-18(28)13(16(24)27)10-26(17)9-11-5-2-1-3-6-11;20-16-14(7-4-8-15(16)19(21,22)23)17-25-18(27)13(9-24)11-26(17)10-12-5-2-1-3-6-12;;/h1-8,10H,9H2,(H2,24,27);1-8,11H,10H2;2*1H4. The first-order chi connectivity index (χ1) is 26.0. The third-order valence-corrected chi connectivity index (χ3v) is 8.67. The lowest BCUT2D eigenvalue weighted by molar-refractivity contribution is -0.138. The minimum Gasteiger partial charge on any atom is -0.365 e. The summed E-state index contributed by atoms with van der Waals surface area (Å²) in [6.45, 7) is 0.334. The summed E-state index contributed by atoms with van der Waals surface area (Å²) in [4.78, 5) is 43.3. The molecule has 0 aliphatic carbocycles. The van der Waals surface area contributed by atoms with E-state index < -0.39 is 50.6 Å². The average molecular weight is 830 g/mol. The SMILES string of the molecule is C.C.N#Cc1cn(Cc2ccccc2)c(-c2cccc(C(F)(F)F)c2Cl)nc1=O.NC(=O)c1cn(Cc2ccccc2)c(-c2cccc(C(F)(F)F)c2Cl)nc1=O. The highest BCUT2D eigenvalue weighted by molar-refractivity contribution is 6.34. The molecule has 57 heavy (non-hydrogen) atoms. The van der Waals surface area contributed by atoms with E-state index in [0.29, 0.717) is 0 Å². The monoisotopic (exact) mass is 828 g/mol. The molecule has 0 saturated heterocycles. The molecule has 296 valence electrons. The van der Waals surface area contributed by atoms with Crippen molar-refractivity contribution >= 4 is 29.1 Å². The number of hydrogen-bond donors (Lipinski definition) is 1. The molecule has 6 rings (SSSR count). The topological polar surface area (TPSA) is 137 Å². The summed E-state index contributed by atoms with van der Waals surface area (Å²) in [5.74, 6) is -1.13. The second-order valence-electron chi connectivity index (χ2n) is 11.6. The molecule has 0 unspecified atom stereocenters. The molecule has 0 aliphatic heterocycles. The van der Waals surface area contributed by atoms with Gasteiger partial charge in [-0.05, 0) is 35.4 Å². The molecule has 2 heterocycles. The summed E-state index contributed by atoms with van der Waals surface area (Å²) in [7, 11) is 0. The summed E-state index contributed by atoms with van der Waals surface area (Å²) in [5, 5.41) is 7.96. The minimum absolute atomic E-state index is 0. The quantitative estimate of drug-likeness (QED) is 0.159. The van der Waals surface area contributed by atoms with Crippen LogP contribution in [-0.4, -0.2) is 25.0 Å². The lowest BCUT2D eigenvalue weighted by Crippen LogP contribution is -2.27. The number of amides is 1. The lowest BCUT2D eigenvalue weighted by Gasteiger charge is -2.17. The van der Waals surface area contributed by atoms with Crippen LogP contribution in [0, 0.1) is 11.3 Å². The first kappa shape index (κ1) is 45.2. The van der Waals surface area contributed by atoms with Crippen LogP contribution in [0.1, 0.15) is 53.0 Å². The molecule has 0 atom stereocenters. The van der Waals surface area contributed by atoms with E-state index >= 15 is 0 Å². The highest BCUT2D eigenvalue weighted by Crippen LogP contribution is 2.40. The first-order valence-corrected chi connectivity index (χ1v) is 16.5. The van der Waals surface area contributed by atoms with Crippen molar-refractivity contribution in [3.05, 3.63) is 174 Å². The molecule has 0 radical (unpaired) electrons. The number of nitrogens with zero attached hydrogens (tertiary/aromatic N) is 5. The van der Waals surface area contributed by atoms with Gasteiger partial charge >= 0.3 is 12.4 Å². The maximum absolute atomic E-state index is 13.2. The molecule has 2 aromatic heterocycles. The predicted molar refractivity (Wildman–Crippen MR) is 206 cm³/mol. The zero-order chi connectivity index (χ0) is 40.1. The number of hydrogen-bond acceptors (Lipinski definition) is 6. The van der Waals surface area contributed by atoms with Crippen LogP contribution < -0.4 is 16.9 Å². The normalized spacial score (nSPS) is 10.9. The van der Waals surface area contributed by atoms with Crippen LogP contribution in [-0.2, 0) is 25.4 Å². The van der Waals surface area contributed by atoms with E-state index in [4.69, 9.17) is 34.2 Å². The zero-order valence-electron chi connectivity index (χ0n) is 27.9. The van der Waals surface area contributed by atoms with Gasteiger partial charge in [-0.25, -0.2) is 0 Å². The van der Waals surface area contributed by atoms with E-state index in [1.807, 2.05) is 18.2 Å². The first-order valence-electron chi connectivity index (χ1n) is 15.7. The largest absolute Gasteiger partial charge is 0.417 e. The van der Waals surface area contributed by atoms with Crippen LogP contribution in [0.4, 0.5) is 26.3 Å². The van der Waals surface area contributed by atoms with Gasteiger partial charge in [-0.15, -0.1) is 0 Å². The van der Waals surface area contributed by atoms with Crippen LogP contribution >= 0.6 is 23.2 Å². The third kappa shape index (κ3) is 10.5. The van der Waals surface area contributed by atoms with Crippen LogP contribution in [0.5, 0.6) is 0 Å². The number of carbonyl (C=O) groups excluding carboxylic acids is 1. The number of nitrogens with two attached hydrogens (primary N) is 1. The number of primary amides is 1. The number of carbonyl (C=O) groups is 1. The van der Waals surface area contributed by atoms with E-state index in [1.165, 1.54) is 45.8 Å². The van der Waals surface area contributed by atoms with Crippen molar-refractivity contribution in [2.24, 2.45) is 5.73 Å². The van der Waals surface area contributed by atoms with Crippen molar-refractivity contribution in [2.45, 2.75) is 40.3 Å². The predicted octanol–water partition coefficient (Wildman–Crippen LogP) is 9.50. The molecule has 9 nitrogen and oxygen atoms in total. The minimum atomic E-state index is -4.68.